The van der Waals surface area contributed by atoms with Crippen molar-refractivity contribution in [1.29, 1.82) is 0 Å². The molecule has 0 aromatic carbocycles. The first-order valence-electron chi connectivity index (χ1n) is 11.2. The van der Waals surface area contributed by atoms with E-state index in [2.05, 4.69) is 6.92 Å². The van der Waals surface area contributed by atoms with Crippen molar-refractivity contribution < 1.29 is 14.3 Å². The third kappa shape index (κ3) is 19.7. The number of carbonyl (C=O) groups excluding carboxylic acids is 1. The molecule has 0 fully saturated rings. The molecule has 0 saturated heterocycles. The summed E-state index contributed by atoms with van der Waals surface area (Å²) in [4.78, 5) is 11.1. The van der Waals surface area contributed by atoms with Crippen LogP contribution in [0.5, 0.6) is 0 Å². The Morgan fingerprint density at radius 1 is 0.692 bits per heavy atom. The molecule has 0 aromatic rings. The van der Waals surface area contributed by atoms with Gasteiger partial charge in [-0.15, -0.1) is 0 Å². The van der Waals surface area contributed by atoms with Crippen LogP contribution < -0.4 is 5.73 Å². The predicted octanol–water partition coefficient (Wildman–Crippen LogP) is 5.76. The normalized spacial score (nSPS) is 12.3. The number of rotatable bonds is 20. The number of hydrogen-bond donors (Lipinski definition) is 1. The highest BCUT2D eigenvalue weighted by molar-refractivity contribution is 5.74. The molecule has 156 valence electrons. The molecule has 1 atom stereocenters. The monoisotopic (exact) mass is 371 g/mol. The molecule has 0 amide bonds. The van der Waals surface area contributed by atoms with Gasteiger partial charge in [-0.05, 0) is 13.3 Å². The van der Waals surface area contributed by atoms with Crippen molar-refractivity contribution in [3.05, 3.63) is 0 Å². The van der Waals surface area contributed by atoms with Crippen molar-refractivity contribution in [3.63, 3.8) is 0 Å². The van der Waals surface area contributed by atoms with Gasteiger partial charge in [0.05, 0.1) is 6.61 Å². The van der Waals surface area contributed by atoms with Crippen LogP contribution in [-0.2, 0) is 14.3 Å². The van der Waals surface area contributed by atoms with E-state index < -0.39 is 6.04 Å². The Labute approximate surface area is 162 Å². The van der Waals surface area contributed by atoms with E-state index in [0.717, 1.165) is 19.4 Å². The molecule has 0 rings (SSSR count). The summed E-state index contributed by atoms with van der Waals surface area (Å²) in [6.45, 7) is 5.79. The number of carbonyl (C=O) groups is 1. The van der Waals surface area contributed by atoms with Crippen LogP contribution in [0.2, 0.25) is 0 Å². The van der Waals surface area contributed by atoms with Gasteiger partial charge in [0, 0.05) is 19.6 Å². The van der Waals surface area contributed by atoms with Gasteiger partial charge in [-0.25, -0.2) is 0 Å². The minimum atomic E-state index is -0.536. The van der Waals surface area contributed by atoms with E-state index in [0.29, 0.717) is 13.2 Å². The van der Waals surface area contributed by atoms with Crippen LogP contribution in [0.15, 0.2) is 0 Å². The van der Waals surface area contributed by atoms with E-state index in [1.54, 1.807) is 6.92 Å². The van der Waals surface area contributed by atoms with Gasteiger partial charge in [0.2, 0.25) is 0 Å². The zero-order chi connectivity index (χ0) is 19.3. The molecular formula is C22H45NO3. The van der Waals surface area contributed by atoms with Gasteiger partial charge in [0.15, 0.2) is 0 Å². The van der Waals surface area contributed by atoms with Crippen molar-refractivity contribution in [1.82, 2.24) is 0 Å². The Balaban J connectivity index is 3.04. The summed E-state index contributed by atoms with van der Waals surface area (Å²) >= 11 is 0. The number of ether oxygens (including phenoxy) is 2. The van der Waals surface area contributed by atoms with E-state index in [4.69, 9.17) is 15.2 Å². The highest BCUT2D eigenvalue weighted by Crippen LogP contribution is 2.12. The third-order valence-corrected chi connectivity index (χ3v) is 4.69. The average molecular weight is 372 g/mol. The number of hydrogen-bond acceptors (Lipinski definition) is 4. The van der Waals surface area contributed by atoms with Crippen LogP contribution in [0.25, 0.3) is 0 Å². The van der Waals surface area contributed by atoms with Crippen LogP contribution in [0.1, 0.15) is 110 Å². The van der Waals surface area contributed by atoms with Gasteiger partial charge < -0.3 is 15.2 Å². The standard InChI is InChI=1S/C22H45NO3/c1-3-4-5-6-7-8-9-10-11-12-13-14-15-16-18-25-19-17-20-26-22(24)21(2)23/h21H,3-20,23H2,1-2H3. The lowest BCUT2D eigenvalue weighted by Crippen LogP contribution is -2.29. The Morgan fingerprint density at radius 2 is 1.12 bits per heavy atom. The number of unbranched alkanes of at least 4 members (excludes halogenated alkanes) is 13. The second-order valence-electron chi connectivity index (χ2n) is 7.52. The largest absolute Gasteiger partial charge is 0.464 e. The SMILES string of the molecule is CCCCCCCCCCCCCCCCOCCCOC(=O)C(C)N. The topological polar surface area (TPSA) is 61.5 Å². The fourth-order valence-electron chi connectivity index (χ4n) is 2.97. The average Bonchev–Trinajstić information content (AvgIpc) is 2.63. The predicted molar refractivity (Wildman–Crippen MR) is 110 cm³/mol. The van der Waals surface area contributed by atoms with Crippen LogP contribution in [-0.4, -0.2) is 31.8 Å². The fraction of sp³-hybridized carbons (Fsp3) is 0.955. The van der Waals surface area contributed by atoms with E-state index in [-0.39, 0.29) is 5.97 Å². The first kappa shape index (κ1) is 25.4. The summed E-state index contributed by atoms with van der Waals surface area (Å²) < 4.78 is 10.5. The molecule has 0 saturated carbocycles. The molecule has 0 radical (unpaired) electrons. The highest BCUT2D eigenvalue weighted by Gasteiger charge is 2.07. The van der Waals surface area contributed by atoms with Gasteiger partial charge in [0.25, 0.3) is 0 Å². The first-order valence-corrected chi connectivity index (χ1v) is 11.2. The summed E-state index contributed by atoms with van der Waals surface area (Å²) in [6, 6.07) is -0.536. The highest BCUT2D eigenvalue weighted by atomic mass is 16.5. The summed E-state index contributed by atoms with van der Waals surface area (Å²) in [5.41, 5.74) is 5.41. The Hall–Kier alpha value is -0.610. The molecule has 1 unspecified atom stereocenters. The lowest BCUT2D eigenvalue weighted by molar-refractivity contribution is -0.145. The molecule has 0 aliphatic carbocycles. The minimum Gasteiger partial charge on any atom is -0.464 e. The van der Waals surface area contributed by atoms with Crippen molar-refractivity contribution in [2.45, 2.75) is 116 Å². The smallest absolute Gasteiger partial charge is 0.322 e. The van der Waals surface area contributed by atoms with Crippen LogP contribution in [0.4, 0.5) is 0 Å². The molecule has 0 spiro atoms. The molecule has 26 heavy (non-hydrogen) atoms. The Bertz CT molecular complexity index is 295. The van der Waals surface area contributed by atoms with Crippen molar-refractivity contribution >= 4 is 5.97 Å². The van der Waals surface area contributed by atoms with Crippen LogP contribution >= 0.6 is 0 Å². The molecule has 0 heterocycles. The number of esters is 1. The molecule has 4 nitrogen and oxygen atoms in total. The van der Waals surface area contributed by atoms with Crippen molar-refractivity contribution in [2.24, 2.45) is 5.73 Å². The molecular weight excluding hydrogens is 326 g/mol. The van der Waals surface area contributed by atoms with Gasteiger partial charge in [-0.1, -0.05) is 90.4 Å². The van der Waals surface area contributed by atoms with Gasteiger partial charge in [-0.2, -0.15) is 0 Å². The van der Waals surface area contributed by atoms with Crippen LogP contribution in [0.3, 0.4) is 0 Å². The zero-order valence-electron chi connectivity index (χ0n) is 17.6. The van der Waals surface area contributed by atoms with Crippen LogP contribution in [0, 0.1) is 0 Å². The lowest BCUT2D eigenvalue weighted by Gasteiger charge is -2.07. The second kappa shape index (κ2) is 20.7. The maximum absolute atomic E-state index is 11.1. The fourth-order valence-corrected chi connectivity index (χ4v) is 2.97. The maximum atomic E-state index is 11.1. The van der Waals surface area contributed by atoms with E-state index >= 15 is 0 Å². The van der Waals surface area contributed by atoms with Crippen molar-refractivity contribution in [3.8, 4) is 0 Å². The summed E-state index contributed by atoms with van der Waals surface area (Å²) in [5, 5.41) is 0. The molecule has 0 aliphatic heterocycles. The molecule has 0 aliphatic rings. The van der Waals surface area contributed by atoms with E-state index in [9.17, 15) is 4.79 Å². The Kier molecular flexibility index (Phi) is 20.2. The van der Waals surface area contributed by atoms with Gasteiger partial charge >= 0.3 is 5.97 Å². The Morgan fingerprint density at radius 3 is 1.58 bits per heavy atom. The van der Waals surface area contributed by atoms with E-state index in [1.165, 1.54) is 83.5 Å². The third-order valence-electron chi connectivity index (χ3n) is 4.69. The first-order chi connectivity index (χ1) is 12.7. The molecule has 0 aromatic heterocycles. The second-order valence-corrected chi connectivity index (χ2v) is 7.52. The quantitative estimate of drug-likeness (QED) is 0.218. The summed E-state index contributed by atoms with van der Waals surface area (Å²) in [7, 11) is 0. The summed E-state index contributed by atoms with van der Waals surface area (Å²) in [5.74, 6) is -0.336. The molecule has 4 heteroatoms. The van der Waals surface area contributed by atoms with Gasteiger partial charge in [0.1, 0.15) is 6.04 Å². The maximum Gasteiger partial charge on any atom is 0.322 e. The summed E-state index contributed by atoms with van der Waals surface area (Å²) in [6.07, 6.45) is 20.0. The molecule has 2 N–H and O–H groups in total. The zero-order valence-corrected chi connectivity index (χ0v) is 17.6. The van der Waals surface area contributed by atoms with Gasteiger partial charge in [-0.3, -0.25) is 4.79 Å². The van der Waals surface area contributed by atoms with E-state index in [1.807, 2.05) is 0 Å². The lowest BCUT2D eigenvalue weighted by atomic mass is 10.0. The van der Waals surface area contributed by atoms with Crippen molar-refractivity contribution in [2.75, 3.05) is 19.8 Å². The molecule has 0 bridgehead atoms. The number of nitrogens with two attached hydrogens (primary N) is 1. The minimum absolute atomic E-state index is 0.336.